The summed E-state index contributed by atoms with van der Waals surface area (Å²) in [6.45, 7) is 3.21. The molecule has 1 atom stereocenters. The van der Waals surface area contributed by atoms with E-state index in [0.717, 1.165) is 11.4 Å². The van der Waals surface area contributed by atoms with E-state index >= 15 is 0 Å². The Morgan fingerprint density at radius 1 is 1.26 bits per heavy atom. The number of carbonyl (C=O) groups is 2. The lowest BCUT2D eigenvalue weighted by atomic mass is 10.2. The van der Waals surface area contributed by atoms with Crippen LogP contribution in [-0.2, 0) is 17.9 Å². The third kappa shape index (κ3) is 3.24. The average molecular weight is 313 g/mol. The van der Waals surface area contributed by atoms with E-state index in [1.54, 1.807) is 22.6 Å². The molecule has 0 bridgehead atoms. The average Bonchev–Trinajstić information content (AvgIpc) is 2.98. The molecular weight excluding hydrogens is 294 g/mol. The number of nitrogens with one attached hydrogen (secondary N) is 1. The van der Waals surface area contributed by atoms with Crippen molar-refractivity contribution >= 4 is 17.5 Å². The van der Waals surface area contributed by atoms with Crippen molar-refractivity contribution in [3.63, 3.8) is 0 Å². The molecule has 3 N–H and O–H groups in total. The van der Waals surface area contributed by atoms with E-state index in [1.165, 1.54) is 0 Å². The molecule has 0 saturated heterocycles. The number of amides is 2. The number of carbonyl (C=O) groups excluding carboxylic acids is 2. The van der Waals surface area contributed by atoms with Crippen LogP contribution in [0.2, 0.25) is 0 Å². The molecule has 1 aromatic carbocycles. The Bertz CT molecular complexity index is 723. The smallest absolute Gasteiger partial charge is 0.276 e. The monoisotopic (exact) mass is 313 g/mol. The van der Waals surface area contributed by atoms with Crippen LogP contribution in [-0.4, -0.2) is 39.1 Å². The number of hydrogen-bond acceptors (Lipinski definition) is 4. The molecule has 0 unspecified atom stereocenters. The van der Waals surface area contributed by atoms with Crippen LogP contribution in [0.5, 0.6) is 0 Å². The summed E-state index contributed by atoms with van der Waals surface area (Å²) in [5.41, 5.74) is 7.55. The number of fused-ring (bicyclic) bond motifs is 1. The first kappa shape index (κ1) is 15.2. The van der Waals surface area contributed by atoms with Crippen molar-refractivity contribution < 1.29 is 9.59 Å². The van der Waals surface area contributed by atoms with Crippen LogP contribution in [0.1, 0.15) is 23.1 Å². The lowest BCUT2D eigenvalue weighted by molar-refractivity contribution is -0.133. The molecule has 0 saturated carbocycles. The summed E-state index contributed by atoms with van der Waals surface area (Å²) in [5.74, 6) is -0.351. The number of aromatic nitrogens is 2. The van der Waals surface area contributed by atoms with Crippen LogP contribution in [0.15, 0.2) is 36.4 Å². The molecule has 7 heteroatoms. The number of para-hydroxylation sites is 1. The Labute approximate surface area is 134 Å². The van der Waals surface area contributed by atoms with Gasteiger partial charge in [-0.15, -0.1) is 0 Å². The third-order valence-electron chi connectivity index (χ3n) is 3.76. The predicted octanol–water partition coefficient (Wildman–Crippen LogP) is 0.825. The molecule has 2 aromatic rings. The topological polar surface area (TPSA) is 93.2 Å². The van der Waals surface area contributed by atoms with E-state index in [4.69, 9.17) is 5.73 Å². The molecule has 7 nitrogen and oxygen atoms in total. The molecule has 1 aromatic heterocycles. The van der Waals surface area contributed by atoms with Crippen molar-refractivity contribution in [1.82, 2.24) is 14.7 Å². The summed E-state index contributed by atoms with van der Waals surface area (Å²) in [5, 5.41) is 7.13. The molecule has 1 aliphatic rings. The summed E-state index contributed by atoms with van der Waals surface area (Å²) in [4.78, 5) is 25.9. The zero-order valence-corrected chi connectivity index (χ0v) is 12.9. The zero-order valence-electron chi connectivity index (χ0n) is 12.9. The van der Waals surface area contributed by atoms with Crippen molar-refractivity contribution in [2.75, 3.05) is 11.9 Å². The van der Waals surface area contributed by atoms with Gasteiger partial charge in [0.05, 0.1) is 24.8 Å². The molecule has 120 valence electrons. The normalized spacial score (nSPS) is 15.0. The van der Waals surface area contributed by atoms with Crippen LogP contribution in [0.4, 0.5) is 5.69 Å². The summed E-state index contributed by atoms with van der Waals surface area (Å²) in [6.07, 6.45) is 0. The molecule has 0 radical (unpaired) electrons. The van der Waals surface area contributed by atoms with E-state index in [-0.39, 0.29) is 11.8 Å². The molecule has 3 rings (SSSR count). The summed E-state index contributed by atoms with van der Waals surface area (Å²) in [7, 11) is 0. The molecule has 2 heterocycles. The van der Waals surface area contributed by atoms with Crippen LogP contribution >= 0.6 is 0 Å². The first-order valence-electron chi connectivity index (χ1n) is 7.52. The van der Waals surface area contributed by atoms with Crippen molar-refractivity contribution in [3.8, 4) is 0 Å². The quantitative estimate of drug-likeness (QED) is 0.877. The van der Waals surface area contributed by atoms with E-state index < -0.39 is 6.04 Å². The Hall–Kier alpha value is -2.67. The fourth-order valence-corrected chi connectivity index (χ4v) is 2.57. The maximum atomic E-state index is 12.3. The second-order valence-corrected chi connectivity index (χ2v) is 5.61. The summed E-state index contributed by atoms with van der Waals surface area (Å²) >= 11 is 0. The largest absolute Gasteiger partial charge is 0.334 e. The SMILES string of the molecule is C[C@H](N)C(=O)N1CCn2nc(C(=O)Nc3ccccc3)cc2C1. The highest BCUT2D eigenvalue weighted by Gasteiger charge is 2.25. The maximum Gasteiger partial charge on any atom is 0.276 e. The first-order chi connectivity index (χ1) is 11.0. The van der Waals surface area contributed by atoms with Crippen molar-refractivity contribution in [1.29, 1.82) is 0 Å². The van der Waals surface area contributed by atoms with E-state index in [0.29, 0.717) is 25.3 Å². The van der Waals surface area contributed by atoms with Crippen molar-refractivity contribution in [2.45, 2.75) is 26.1 Å². The standard InChI is InChI=1S/C16H19N5O2/c1-11(17)16(23)20-7-8-21-13(10-20)9-14(19-21)15(22)18-12-5-3-2-4-6-12/h2-6,9,11H,7-8,10,17H2,1H3,(H,18,22)/t11-/m0/s1. The summed E-state index contributed by atoms with van der Waals surface area (Å²) < 4.78 is 1.77. The first-order valence-corrected chi connectivity index (χ1v) is 7.52. The lowest BCUT2D eigenvalue weighted by Gasteiger charge is -2.28. The van der Waals surface area contributed by atoms with Gasteiger partial charge in [0.1, 0.15) is 0 Å². The Morgan fingerprint density at radius 3 is 2.70 bits per heavy atom. The van der Waals surface area contributed by atoms with Crippen LogP contribution in [0.3, 0.4) is 0 Å². The Kier molecular flexibility index (Phi) is 4.12. The molecule has 0 aliphatic carbocycles. The van der Waals surface area contributed by atoms with Gasteiger partial charge in [0.2, 0.25) is 5.91 Å². The number of rotatable bonds is 3. The third-order valence-corrected chi connectivity index (χ3v) is 3.76. The number of nitrogens with zero attached hydrogens (tertiary/aromatic N) is 3. The predicted molar refractivity (Wildman–Crippen MR) is 85.7 cm³/mol. The highest BCUT2D eigenvalue weighted by atomic mass is 16.2. The molecule has 0 spiro atoms. The number of hydrogen-bond donors (Lipinski definition) is 2. The van der Waals surface area contributed by atoms with Gasteiger partial charge in [0.15, 0.2) is 5.69 Å². The van der Waals surface area contributed by atoms with Gasteiger partial charge in [-0.2, -0.15) is 5.10 Å². The second-order valence-electron chi connectivity index (χ2n) is 5.61. The Morgan fingerprint density at radius 2 is 2.00 bits per heavy atom. The summed E-state index contributed by atoms with van der Waals surface area (Å²) in [6, 6.07) is 10.4. The molecule has 0 fully saturated rings. The number of anilines is 1. The maximum absolute atomic E-state index is 12.3. The molecular formula is C16H19N5O2. The minimum absolute atomic E-state index is 0.0901. The van der Waals surface area contributed by atoms with Gasteiger partial charge in [-0.25, -0.2) is 0 Å². The Balaban J connectivity index is 1.73. The van der Waals surface area contributed by atoms with Gasteiger partial charge < -0.3 is 16.0 Å². The van der Waals surface area contributed by atoms with Crippen LogP contribution in [0, 0.1) is 0 Å². The van der Waals surface area contributed by atoms with Crippen molar-refractivity contribution in [2.24, 2.45) is 5.73 Å². The zero-order chi connectivity index (χ0) is 16.4. The van der Waals surface area contributed by atoms with Gasteiger partial charge in [0, 0.05) is 12.2 Å². The minimum Gasteiger partial charge on any atom is -0.334 e. The van der Waals surface area contributed by atoms with E-state index in [1.807, 2.05) is 30.3 Å². The fraction of sp³-hybridized carbons (Fsp3) is 0.312. The van der Waals surface area contributed by atoms with Crippen molar-refractivity contribution in [3.05, 3.63) is 47.8 Å². The fourth-order valence-electron chi connectivity index (χ4n) is 2.57. The van der Waals surface area contributed by atoms with E-state index in [9.17, 15) is 9.59 Å². The van der Waals surface area contributed by atoms with Gasteiger partial charge >= 0.3 is 0 Å². The second kappa shape index (κ2) is 6.21. The highest BCUT2D eigenvalue weighted by molar-refractivity contribution is 6.02. The van der Waals surface area contributed by atoms with Gasteiger partial charge in [-0.05, 0) is 25.1 Å². The number of benzene rings is 1. The number of nitrogens with two attached hydrogens (primary N) is 1. The van der Waals surface area contributed by atoms with Gasteiger partial charge in [-0.3, -0.25) is 14.3 Å². The highest BCUT2D eigenvalue weighted by Crippen LogP contribution is 2.16. The van der Waals surface area contributed by atoms with Crippen LogP contribution in [0.25, 0.3) is 0 Å². The van der Waals surface area contributed by atoms with E-state index in [2.05, 4.69) is 10.4 Å². The molecule has 2 amide bonds. The van der Waals surface area contributed by atoms with Gasteiger partial charge in [0.25, 0.3) is 5.91 Å². The van der Waals surface area contributed by atoms with Crippen LogP contribution < -0.4 is 11.1 Å². The molecule has 1 aliphatic heterocycles. The minimum atomic E-state index is -0.523. The molecule has 23 heavy (non-hydrogen) atoms. The van der Waals surface area contributed by atoms with Gasteiger partial charge in [-0.1, -0.05) is 18.2 Å². The lowest BCUT2D eigenvalue weighted by Crippen LogP contribution is -2.45.